The third-order valence-corrected chi connectivity index (χ3v) is 2.19. The number of rotatable bonds is 5. The maximum atomic E-state index is 11.2. The molecule has 0 aromatic carbocycles. The minimum atomic E-state index is 0.139. The molecule has 3 nitrogen and oxygen atoms in total. The van der Waals surface area contributed by atoms with Crippen LogP contribution in [-0.2, 0) is 6.54 Å². The number of ketones is 1. The third-order valence-electron chi connectivity index (χ3n) is 2.19. The molecule has 14 heavy (non-hydrogen) atoms. The van der Waals surface area contributed by atoms with Crippen molar-refractivity contribution in [3.8, 4) is 0 Å². The average molecular weight is 194 g/mol. The standard InChI is InChI=1S/C11H18N2O/c1-10(14)11-6-4-8-13(11)9-5-7-12(2)3/h4,6,8H,5,7,9H2,1-3H3. The summed E-state index contributed by atoms with van der Waals surface area (Å²) in [6.07, 6.45) is 3.04. The van der Waals surface area contributed by atoms with E-state index in [9.17, 15) is 4.79 Å². The van der Waals surface area contributed by atoms with Gasteiger partial charge in [0, 0.05) is 19.7 Å². The van der Waals surface area contributed by atoms with Crippen LogP contribution in [0.5, 0.6) is 0 Å². The van der Waals surface area contributed by atoms with Gasteiger partial charge in [0.25, 0.3) is 0 Å². The topological polar surface area (TPSA) is 25.2 Å². The van der Waals surface area contributed by atoms with E-state index in [0.717, 1.165) is 25.2 Å². The molecule has 1 aromatic rings. The monoisotopic (exact) mass is 194 g/mol. The van der Waals surface area contributed by atoms with E-state index in [4.69, 9.17) is 0 Å². The average Bonchev–Trinajstić information content (AvgIpc) is 2.51. The number of nitrogens with zero attached hydrogens (tertiary/aromatic N) is 2. The van der Waals surface area contributed by atoms with E-state index < -0.39 is 0 Å². The Morgan fingerprint density at radius 2 is 2.21 bits per heavy atom. The Balaban J connectivity index is 2.50. The Labute approximate surface area is 85.3 Å². The lowest BCUT2D eigenvalue weighted by molar-refractivity contribution is 0.100. The lowest BCUT2D eigenvalue weighted by Gasteiger charge is -2.11. The summed E-state index contributed by atoms with van der Waals surface area (Å²) in [5, 5.41) is 0. The first-order valence-corrected chi connectivity index (χ1v) is 4.92. The molecule has 0 N–H and O–H groups in total. The van der Waals surface area contributed by atoms with Crippen molar-refractivity contribution < 1.29 is 4.79 Å². The summed E-state index contributed by atoms with van der Waals surface area (Å²) >= 11 is 0. The predicted octanol–water partition coefficient (Wildman–Crippen LogP) is 1.64. The molecule has 3 heteroatoms. The number of aromatic nitrogens is 1. The van der Waals surface area contributed by atoms with E-state index in [0.29, 0.717) is 0 Å². The highest BCUT2D eigenvalue weighted by Crippen LogP contribution is 2.04. The van der Waals surface area contributed by atoms with Crippen LogP contribution in [0.2, 0.25) is 0 Å². The number of aryl methyl sites for hydroxylation is 1. The maximum Gasteiger partial charge on any atom is 0.176 e. The van der Waals surface area contributed by atoms with E-state index in [2.05, 4.69) is 19.0 Å². The molecule has 0 amide bonds. The Morgan fingerprint density at radius 1 is 1.50 bits per heavy atom. The summed E-state index contributed by atoms with van der Waals surface area (Å²) in [7, 11) is 4.11. The van der Waals surface area contributed by atoms with Gasteiger partial charge in [0.15, 0.2) is 5.78 Å². The van der Waals surface area contributed by atoms with Crippen LogP contribution >= 0.6 is 0 Å². The Morgan fingerprint density at radius 3 is 2.79 bits per heavy atom. The SMILES string of the molecule is CC(=O)c1cccn1CCCN(C)C. The molecule has 0 fully saturated rings. The minimum absolute atomic E-state index is 0.139. The number of carbonyl (C=O) groups is 1. The zero-order valence-corrected chi connectivity index (χ0v) is 9.16. The summed E-state index contributed by atoms with van der Waals surface area (Å²) in [5.74, 6) is 0.139. The fourth-order valence-corrected chi connectivity index (χ4v) is 1.49. The van der Waals surface area contributed by atoms with Crippen molar-refractivity contribution in [2.75, 3.05) is 20.6 Å². The number of Topliss-reactive ketones (excluding diaryl/α,β-unsaturated/α-hetero) is 1. The van der Waals surface area contributed by atoms with Gasteiger partial charge in [-0.3, -0.25) is 4.79 Å². The molecule has 0 bridgehead atoms. The van der Waals surface area contributed by atoms with Gasteiger partial charge in [-0.15, -0.1) is 0 Å². The molecule has 1 rings (SSSR count). The van der Waals surface area contributed by atoms with E-state index in [1.807, 2.05) is 22.9 Å². The van der Waals surface area contributed by atoms with Gasteiger partial charge in [-0.25, -0.2) is 0 Å². The van der Waals surface area contributed by atoms with Gasteiger partial charge >= 0.3 is 0 Å². The molecule has 0 aliphatic carbocycles. The van der Waals surface area contributed by atoms with E-state index in [1.54, 1.807) is 6.92 Å². The fourth-order valence-electron chi connectivity index (χ4n) is 1.49. The van der Waals surface area contributed by atoms with E-state index in [-0.39, 0.29) is 5.78 Å². The molecule has 0 aliphatic rings. The lowest BCUT2D eigenvalue weighted by Crippen LogP contribution is -2.16. The second-order valence-corrected chi connectivity index (χ2v) is 3.80. The second-order valence-electron chi connectivity index (χ2n) is 3.80. The van der Waals surface area contributed by atoms with Crippen molar-refractivity contribution in [3.05, 3.63) is 24.0 Å². The van der Waals surface area contributed by atoms with E-state index >= 15 is 0 Å². The number of hydrogen-bond donors (Lipinski definition) is 0. The predicted molar refractivity (Wildman–Crippen MR) is 57.6 cm³/mol. The summed E-state index contributed by atoms with van der Waals surface area (Å²) in [5.41, 5.74) is 0.809. The maximum absolute atomic E-state index is 11.2. The zero-order valence-electron chi connectivity index (χ0n) is 9.16. The molecular formula is C11H18N2O. The van der Waals surface area contributed by atoms with Crippen LogP contribution in [-0.4, -0.2) is 35.9 Å². The van der Waals surface area contributed by atoms with Crippen molar-refractivity contribution in [1.29, 1.82) is 0 Å². The molecule has 0 aliphatic heterocycles. The molecular weight excluding hydrogens is 176 g/mol. The summed E-state index contributed by atoms with van der Waals surface area (Å²) in [6, 6.07) is 3.80. The highest BCUT2D eigenvalue weighted by molar-refractivity contribution is 5.92. The highest BCUT2D eigenvalue weighted by Gasteiger charge is 2.04. The fraction of sp³-hybridized carbons (Fsp3) is 0.545. The molecule has 0 atom stereocenters. The summed E-state index contributed by atoms with van der Waals surface area (Å²) in [4.78, 5) is 13.3. The third kappa shape index (κ3) is 3.00. The van der Waals surface area contributed by atoms with Crippen LogP contribution in [0.15, 0.2) is 18.3 Å². The summed E-state index contributed by atoms with van der Waals surface area (Å²) < 4.78 is 2.02. The van der Waals surface area contributed by atoms with Crippen LogP contribution in [0.4, 0.5) is 0 Å². The first-order valence-electron chi connectivity index (χ1n) is 4.92. The highest BCUT2D eigenvalue weighted by atomic mass is 16.1. The van der Waals surface area contributed by atoms with Gasteiger partial charge in [-0.2, -0.15) is 0 Å². The van der Waals surface area contributed by atoms with Gasteiger partial charge in [0.1, 0.15) is 0 Å². The lowest BCUT2D eigenvalue weighted by atomic mass is 10.3. The largest absolute Gasteiger partial charge is 0.345 e. The van der Waals surface area contributed by atoms with Crippen molar-refractivity contribution in [2.24, 2.45) is 0 Å². The molecule has 1 heterocycles. The van der Waals surface area contributed by atoms with Crippen LogP contribution in [0, 0.1) is 0 Å². The smallest absolute Gasteiger partial charge is 0.176 e. The van der Waals surface area contributed by atoms with Gasteiger partial charge in [0.2, 0.25) is 0 Å². The summed E-state index contributed by atoms with van der Waals surface area (Å²) in [6.45, 7) is 3.58. The molecule has 0 unspecified atom stereocenters. The van der Waals surface area contributed by atoms with Gasteiger partial charge in [0.05, 0.1) is 5.69 Å². The quantitative estimate of drug-likeness (QED) is 0.666. The van der Waals surface area contributed by atoms with Crippen molar-refractivity contribution >= 4 is 5.78 Å². The van der Waals surface area contributed by atoms with Crippen molar-refractivity contribution in [3.63, 3.8) is 0 Å². The minimum Gasteiger partial charge on any atom is -0.345 e. The normalized spacial score (nSPS) is 10.9. The molecule has 78 valence electrons. The van der Waals surface area contributed by atoms with Gasteiger partial charge < -0.3 is 9.47 Å². The van der Waals surface area contributed by atoms with Gasteiger partial charge in [-0.05, 0) is 39.2 Å². The van der Waals surface area contributed by atoms with Crippen LogP contribution in [0.1, 0.15) is 23.8 Å². The first kappa shape index (κ1) is 11.0. The molecule has 1 aromatic heterocycles. The molecule has 0 saturated heterocycles. The second kappa shape index (κ2) is 4.96. The van der Waals surface area contributed by atoms with Crippen LogP contribution in [0.3, 0.4) is 0 Å². The van der Waals surface area contributed by atoms with Gasteiger partial charge in [-0.1, -0.05) is 0 Å². The van der Waals surface area contributed by atoms with Crippen molar-refractivity contribution in [1.82, 2.24) is 9.47 Å². The molecule has 0 spiro atoms. The Hall–Kier alpha value is -1.09. The Bertz CT molecular complexity index is 302. The molecule has 0 saturated carbocycles. The number of carbonyl (C=O) groups excluding carboxylic acids is 1. The first-order chi connectivity index (χ1) is 6.61. The molecule has 0 radical (unpaired) electrons. The van der Waals surface area contributed by atoms with Crippen LogP contribution < -0.4 is 0 Å². The number of hydrogen-bond acceptors (Lipinski definition) is 2. The van der Waals surface area contributed by atoms with Crippen molar-refractivity contribution in [2.45, 2.75) is 19.9 Å². The zero-order chi connectivity index (χ0) is 10.6. The Kier molecular flexibility index (Phi) is 3.89. The van der Waals surface area contributed by atoms with E-state index in [1.165, 1.54) is 0 Å². The van der Waals surface area contributed by atoms with Crippen LogP contribution in [0.25, 0.3) is 0 Å².